The molecule has 0 saturated heterocycles. The van der Waals surface area contributed by atoms with Crippen LogP contribution in [0, 0.1) is 0 Å². The number of unbranched alkanes of at least 4 members (excludes halogenated alkanes) is 1. The van der Waals surface area contributed by atoms with Crippen LogP contribution < -0.4 is 27.8 Å². The van der Waals surface area contributed by atoms with E-state index in [1.807, 2.05) is 62.6 Å². The van der Waals surface area contributed by atoms with Crippen molar-refractivity contribution in [2.75, 3.05) is 84.0 Å². The molecule has 6 aromatic heterocycles. The molecule has 8 aromatic rings. The Bertz CT molecular complexity index is 3030. The minimum atomic E-state index is -3.57. The maximum absolute atomic E-state index is 12.2. The number of furan rings is 2. The fourth-order valence-corrected chi connectivity index (χ4v) is 7.09. The minimum absolute atomic E-state index is 0.0410. The topological polar surface area (TPSA) is 315 Å². The summed E-state index contributed by atoms with van der Waals surface area (Å²) in [7, 11) is 4.57. The number of nitrogens with one attached hydrogen (secondary N) is 2. The molecule has 0 atom stereocenters. The Hall–Kier alpha value is -7.67. The predicted molar refractivity (Wildman–Crippen MR) is 265 cm³/mol. The second-order valence-corrected chi connectivity index (χ2v) is 18.4. The zero-order chi connectivity index (χ0) is 50.2. The Morgan fingerprint density at radius 3 is 1.74 bits per heavy atom. The third kappa shape index (κ3) is 14.9. The van der Waals surface area contributed by atoms with Crippen LogP contribution in [0.5, 0.6) is 0 Å². The van der Waals surface area contributed by atoms with Gasteiger partial charge >= 0.3 is 0 Å². The number of hydrogen-bond donors (Lipinski definition) is 5. The predicted octanol–water partition coefficient (Wildman–Crippen LogP) is 3.57. The largest absolute Gasteiger partial charge is 0.461 e. The first-order valence-electron chi connectivity index (χ1n) is 22.4. The van der Waals surface area contributed by atoms with Gasteiger partial charge in [-0.05, 0) is 127 Å². The molecule has 8 N–H and O–H groups in total. The van der Waals surface area contributed by atoms with Crippen LogP contribution in [-0.4, -0.2) is 146 Å². The molecule has 23 nitrogen and oxygen atoms in total. The number of Topliss-reactive ketones (excluding diaryl/α,β-unsaturated/α-hetero) is 1. The lowest BCUT2D eigenvalue weighted by molar-refractivity contribution is 0.0950. The highest BCUT2D eigenvalue weighted by Gasteiger charge is 2.19. The van der Waals surface area contributed by atoms with Crippen LogP contribution in [0.4, 0.5) is 17.8 Å². The van der Waals surface area contributed by atoms with E-state index in [1.54, 1.807) is 30.5 Å². The summed E-state index contributed by atoms with van der Waals surface area (Å²) in [6, 6.07) is 22.3. The molecule has 2 aromatic carbocycles. The van der Waals surface area contributed by atoms with Gasteiger partial charge in [-0.25, -0.2) is 8.42 Å². The molecule has 0 fully saturated rings. The van der Waals surface area contributed by atoms with Crippen LogP contribution in [0.1, 0.15) is 57.5 Å². The number of benzene rings is 2. The van der Waals surface area contributed by atoms with E-state index in [0.717, 1.165) is 67.1 Å². The van der Waals surface area contributed by atoms with Gasteiger partial charge < -0.3 is 46.5 Å². The van der Waals surface area contributed by atoms with Crippen LogP contribution in [-0.2, 0) is 22.7 Å². The van der Waals surface area contributed by atoms with E-state index in [-0.39, 0.29) is 35.2 Å². The van der Waals surface area contributed by atoms with Crippen LogP contribution >= 0.6 is 0 Å². The van der Waals surface area contributed by atoms with Gasteiger partial charge in [0.1, 0.15) is 0 Å². The van der Waals surface area contributed by atoms with Crippen molar-refractivity contribution in [2.24, 2.45) is 5.73 Å². The first-order chi connectivity index (χ1) is 33.6. The highest BCUT2D eigenvalue weighted by Crippen LogP contribution is 2.19. The molecule has 0 unspecified atom stereocenters. The second kappa shape index (κ2) is 24.6. The molecule has 370 valence electrons. The van der Waals surface area contributed by atoms with Gasteiger partial charge in [0.2, 0.25) is 39.3 Å². The van der Waals surface area contributed by atoms with Crippen molar-refractivity contribution in [3.8, 4) is 23.2 Å². The number of nitrogen functional groups attached to an aromatic ring is 2. The van der Waals surface area contributed by atoms with E-state index >= 15 is 0 Å². The van der Waals surface area contributed by atoms with Crippen molar-refractivity contribution in [2.45, 2.75) is 43.7 Å². The highest BCUT2D eigenvalue weighted by molar-refractivity contribution is 7.90. The van der Waals surface area contributed by atoms with E-state index < -0.39 is 15.0 Å². The van der Waals surface area contributed by atoms with Gasteiger partial charge in [0.15, 0.2) is 17.3 Å². The highest BCUT2D eigenvalue weighted by atomic mass is 32.2. The Labute approximate surface area is 404 Å². The number of rotatable bonds is 20. The molecule has 0 radical (unpaired) electrons. The quantitative estimate of drug-likeness (QED) is 0.0538. The minimum Gasteiger partial charge on any atom is -0.461 e. The Morgan fingerprint density at radius 1 is 0.657 bits per heavy atom. The van der Waals surface area contributed by atoms with Crippen LogP contribution in [0.2, 0.25) is 0 Å². The number of aromatic nitrogens is 10. The Balaban J connectivity index is 0.000000185. The lowest BCUT2D eigenvalue weighted by Crippen LogP contribution is -2.27. The van der Waals surface area contributed by atoms with E-state index in [2.05, 4.69) is 74.6 Å². The van der Waals surface area contributed by atoms with E-state index in [0.29, 0.717) is 60.7 Å². The smallest absolute Gasteiger partial charge is 0.259 e. The van der Waals surface area contributed by atoms with Gasteiger partial charge in [0.25, 0.3) is 22.6 Å². The molecule has 24 heteroatoms. The van der Waals surface area contributed by atoms with E-state index in [1.165, 1.54) is 16.3 Å². The molecule has 0 aliphatic rings. The zero-order valence-electron chi connectivity index (χ0n) is 39.8. The van der Waals surface area contributed by atoms with Gasteiger partial charge in [-0.3, -0.25) is 9.59 Å². The molecule has 0 aliphatic heterocycles. The van der Waals surface area contributed by atoms with E-state index in [9.17, 15) is 18.0 Å². The van der Waals surface area contributed by atoms with E-state index in [4.69, 9.17) is 26.0 Å². The number of anilines is 3. The molecule has 6 heterocycles. The lowest BCUT2D eigenvalue weighted by atomic mass is 10.0. The van der Waals surface area contributed by atoms with Gasteiger partial charge in [-0.2, -0.15) is 38.9 Å². The SMILES string of the molecule is CN(C)CCCCC(=O)c1ccc(CCN)cc1.CN(C)CCCNC(=O)c1ccc(CCNc2nc(N)n3nc(-c4ccco4)nc3n2)cc1.CS(=O)(=O)c1nc(N)n2nc(-c3ccco3)nc2n1. The fraction of sp³-hybridized carbons (Fsp3) is 0.348. The molecule has 8 rings (SSSR count). The molecular weight excluding hydrogens is 919 g/mol. The molecule has 1 amide bonds. The van der Waals surface area contributed by atoms with Crippen molar-refractivity contribution in [1.29, 1.82) is 0 Å². The average Bonchev–Trinajstić information content (AvgIpc) is 4.18. The lowest BCUT2D eigenvalue weighted by Gasteiger charge is -2.10. The van der Waals surface area contributed by atoms with Crippen LogP contribution in [0.25, 0.3) is 34.7 Å². The standard InChI is InChI=1S/C22H27N9O2.C15H24N2O.C9H8N6O3S/c1-30(2)13-4-11-24-19(32)16-8-6-15(7-9-16)10-12-25-21-27-20(23)31-22(28-21)26-18(29-31)17-5-3-14-33-17;1-17(2)12-4-3-5-15(18)14-8-6-13(7-9-14)10-11-16;1-19(16,17)9-12-7(10)15-8(13-9)11-6(14-15)5-3-2-4-18-5/h3,5-9,14H,4,10-13H2,1-2H3,(H,24,32)(H3,23,25,26,27,28,29);6-9H,3-5,10-12,16H2,1-2H3;2-4H,1H3,(H2,10,11,12,13,14). The number of carbonyl (C=O) groups excluding carboxylic acids is 2. The molecule has 0 bridgehead atoms. The van der Waals surface area contributed by atoms with Crippen molar-refractivity contribution in [3.05, 3.63) is 108 Å². The fourth-order valence-electron chi connectivity index (χ4n) is 6.58. The average molecular weight is 978 g/mol. The van der Waals surface area contributed by atoms with Crippen molar-refractivity contribution < 1.29 is 26.8 Å². The maximum Gasteiger partial charge on any atom is 0.259 e. The van der Waals surface area contributed by atoms with Gasteiger partial charge in [0, 0.05) is 36.9 Å². The first kappa shape index (κ1) is 51.7. The summed E-state index contributed by atoms with van der Waals surface area (Å²) in [5.74, 6) is 2.57. The number of ketones is 1. The zero-order valence-corrected chi connectivity index (χ0v) is 40.6. The molecule has 0 spiro atoms. The number of carbonyl (C=O) groups is 2. The summed E-state index contributed by atoms with van der Waals surface area (Å²) in [4.78, 5) is 52.9. The monoisotopic (exact) mass is 977 g/mol. The van der Waals surface area contributed by atoms with Crippen molar-refractivity contribution in [3.63, 3.8) is 0 Å². The molecule has 0 saturated carbocycles. The number of amides is 1. The summed E-state index contributed by atoms with van der Waals surface area (Å²) in [6.45, 7) is 3.88. The van der Waals surface area contributed by atoms with Gasteiger partial charge in [0.05, 0.1) is 12.5 Å². The first-order valence-corrected chi connectivity index (χ1v) is 24.3. The number of hydrogen-bond acceptors (Lipinski definition) is 20. The Kier molecular flexibility index (Phi) is 18.1. The Morgan fingerprint density at radius 2 is 1.20 bits per heavy atom. The summed E-state index contributed by atoms with van der Waals surface area (Å²) < 4.78 is 35.8. The van der Waals surface area contributed by atoms with Crippen molar-refractivity contribution >= 4 is 50.9 Å². The number of nitrogens with zero attached hydrogens (tertiary/aromatic N) is 12. The summed E-state index contributed by atoms with van der Waals surface area (Å²) >= 11 is 0. The van der Waals surface area contributed by atoms with Gasteiger partial charge in [-0.1, -0.05) is 36.4 Å². The number of fused-ring (bicyclic) bond motifs is 2. The number of nitrogens with two attached hydrogens (primary N) is 3. The number of sulfone groups is 1. The molecule has 70 heavy (non-hydrogen) atoms. The third-order valence-electron chi connectivity index (χ3n) is 10.2. The summed E-state index contributed by atoms with van der Waals surface area (Å²) in [5.41, 5.74) is 20.9. The molecular formula is C46H59N17O6S. The normalized spacial score (nSPS) is 11.4. The van der Waals surface area contributed by atoms with Gasteiger partial charge in [-0.15, -0.1) is 10.2 Å². The molecule has 0 aliphatic carbocycles. The van der Waals surface area contributed by atoms with Crippen molar-refractivity contribution in [1.82, 2.24) is 64.2 Å². The third-order valence-corrected chi connectivity index (χ3v) is 11.1. The van der Waals surface area contributed by atoms with Crippen LogP contribution in [0.15, 0.2) is 99.3 Å². The summed E-state index contributed by atoms with van der Waals surface area (Å²) in [6.07, 6.45) is 9.20. The summed E-state index contributed by atoms with van der Waals surface area (Å²) in [5, 5.41) is 14.0. The second-order valence-electron chi connectivity index (χ2n) is 16.5. The van der Waals surface area contributed by atoms with Crippen LogP contribution in [0.3, 0.4) is 0 Å². The maximum atomic E-state index is 12.2.